The third-order valence-electron chi connectivity index (χ3n) is 3.39. The highest BCUT2D eigenvalue weighted by atomic mass is 127. The molecule has 0 radical (unpaired) electrons. The van der Waals surface area contributed by atoms with E-state index in [1.807, 2.05) is 28.4 Å². The maximum atomic E-state index is 6.05. The zero-order chi connectivity index (χ0) is 13.9. The standard InChI is InChI=1S/C14H19N5S.HI/c1-11-2-3-13-17-12(10-19(13)9-11)8-16-14(15)18-4-6-20-7-5-18;/h2-3,9-10H,4-8H2,1H3,(H2,15,16);1H. The molecule has 3 heterocycles. The van der Waals surface area contributed by atoms with Crippen molar-refractivity contribution in [1.29, 1.82) is 0 Å². The number of hydrogen-bond donors (Lipinski definition) is 1. The fourth-order valence-corrected chi connectivity index (χ4v) is 3.19. The summed E-state index contributed by atoms with van der Waals surface area (Å²) < 4.78 is 2.04. The highest BCUT2D eigenvalue weighted by Crippen LogP contribution is 2.10. The molecular formula is C14H20IN5S. The number of guanidine groups is 1. The van der Waals surface area contributed by atoms with Crippen LogP contribution in [0.3, 0.4) is 0 Å². The Hall–Kier alpha value is -0.960. The van der Waals surface area contributed by atoms with Gasteiger partial charge in [0.05, 0.1) is 12.2 Å². The van der Waals surface area contributed by atoms with Crippen LogP contribution < -0.4 is 5.73 Å². The first-order chi connectivity index (χ1) is 9.72. The van der Waals surface area contributed by atoms with Gasteiger partial charge in [0.1, 0.15) is 5.65 Å². The summed E-state index contributed by atoms with van der Waals surface area (Å²) in [5, 5.41) is 0. The van der Waals surface area contributed by atoms with Gasteiger partial charge in [-0.05, 0) is 18.6 Å². The summed E-state index contributed by atoms with van der Waals surface area (Å²) in [7, 11) is 0. The van der Waals surface area contributed by atoms with Crippen LogP contribution in [0.2, 0.25) is 0 Å². The zero-order valence-electron chi connectivity index (χ0n) is 12.0. The molecule has 0 amide bonds. The van der Waals surface area contributed by atoms with Gasteiger partial charge in [0, 0.05) is 37.0 Å². The van der Waals surface area contributed by atoms with E-state index in [0.29, 0.717) is 12.5 Å². The molecule has 21 heavy (non-hydrogen) atoms. The van der Waals surface area contributed by atoms with Gasteiger partial charge in [0.2, 0.25) is 0 Å². The van der Waals surface area contributed by atoms with Crippen LogP contribution in [0.15, 0.2) is 29.5 Å². The van der Waals surface area contributed by atoms with Crippen molar-refractivity contribution >= 4 is 47.3 Å². The predicted molar refractivity (Wildman–Crippen MR) is 99.6 cm³/mol. The lowest BCUT2D eigenvalue weighted by atomic mass is 10.3. The first-order valence-electron chi connectivity index (χ1n) is 6.79. The molecule has 2 aromatic rings. The number of nitrogens with zero attached hydrogens (tertiary/aromatic N) is 4. The lowest BCUT2D eigenvalue weighted by molar-refractivity contribution is 0.455. The molecule has 2 aromatic heterocycles. The molecule has 0 bridgehead atoms. The van der Waals surface area contributed by atoms with Gasteiger partial charge in [-0.15, -0.1) is 24.0 Å². The molecule has 5 nitrogen and oxygen atoms in total. The molecule has 0 saturated carbocycles. The number of nitrogens with two attached hydrogens (primary N) is 1. The van der Waals surface area contributed by atoms with Crippen LogP contribution in [0.4, 0.5) is 0 Å². The van der Waals surface area contributed by atoms with E-state index >= 15 is 0 Å². The third-order valence-corrected chi connectivity index (χ3v) is 4.33. The summed E-state index contributed by atoms with van der Waals surface area (Å²) in [5.74, 6) is 2.90. The summed E-state index contributed by atoms with van der Waals surface area (Å²) in [6.07, 6.45) is 4.09. The average Bonchev–Trinajstić information content (AvgIpc) is 2.87. The van der Waals surface area contributed by atoms with Crippen molar-refractivity contribution in [1.82, 2.24) is 14.3 Å². The van der Waals surface area contributed by atoms with Crippen molar-refractivity contribution in [2.24, 2.45) is 10.7 Å². The fraction of sp³-hybridized carbons (Fsp3) is 0.429. The quantitative estimate of drug-likeness (QED) is 0.462. The van der Waals surface area contributed by atoms with Gasteiger partial charge in [0.15, 0.2) is 5.96 Å². The molecule has 2 N–H and O–H groups in total. The van der Waals surface area contributed by atoms with E-state index < -0.39 is 0 Å². The molecule has 1 fully saturated rings. The van der Waals surface area contributed by atoms with Crippen LogP contribution in [0.25, 0.3) is 5.65 Å². The lowest BCUT2D eigenvalue weighted by Crippen LogP contribution is -2.42. The summed E-state index contributed by atoms with van der Waals surface area (Å²) in [5.41, 5.74) is 9.17. The number of hydrogen-bond acceptors (Lipinski definition) is 3. The van der Waals surface area contributed by atoms with Crippen LogP contribution >= 0.6 is 35.7 Å². The number of aliphatic imine (C=N–C) groups is 1. The molecule has 7 heteroatoms. The SMILES string of the molecule is Cc1ccc2nc(CN=C(N)N3CCSCC3)cn2c1.I. The number of fused-ring (bicyclic) bond motifs is 1. The van der Waals surface area contributed by atoms with Crippen molar-refractivity contribution in [3.05, 3.63) is 35.8 Å². The van der Waals surface area contributed by atoms with Crippen LogP contribution in [-0.4, -0.2) is 44.8 Å². The minimum absolute atomic E-state index is 0. The zero-order valence-corrected chi connectivity index (χ0v) is 15.2. The van der Waals surface area contributed by atoms with Crippen LogP contribution in [0.1, 0.15) is 11.3 Å². The molecule has 1 aliphatic rings. The Labute approximate surface area is 146 Å². The number of halogens is 1. The van der Waals surface area contributed by atoms with Crippen LogP contribution in [0.5, 0.6) is 0 Å². The molecule has 3 rings (SSSR count). The van der Waals surface area contributed by atoms with Crippen LogP contribution in [-0.2, 0) is 6.54 Å². The number of rotatable bonds is 2. The van der Waals surface area contributed by atoms with Gasteiger partial charge < -0.3 is 15.0 Å². The van der Waals surface area contributed by atoms with Crippen molar-refractivity contribution < 1.29 is 0 Å². The second-order valence-corrected chi connectivity index (χ2v) is 6.20. The average molecular weight is 417 g/mol. The smallest absolute Gasteiger partial charge is 0.191 e. The van der Waals surface area contributed by atoms with E-state index in [0.717, 1.165) is 35.9 Å². The van der Waals surface area contributed by atoms with Crippen molar-refractivity contribution in [3.8, 4) is 0 Å². The largest absolute Gasteiger partial charge is 0.370 e. The Bertz CT molecular complexity index is 633. The second kappa shape index (κ2) is 7.35. The van der Waals surface area contributed by atoms with E-state index in [9.17, 15) is 0 Å². The summed E-state index contributed by atoms with van der Waals surface area (Å²) in [6, 6.07) is 4.09. The molecule has 0 unspecified atom stereocenters. The number of thioether (sulfide) groups is 1. The first-order valence-corrected chi connectivity index (χ1v) is 7.95. The summed E-state index contributed by atoms with van der Waals surface area (Å²) >= 11 is 1.97. The van der Waals surface area contributed by atoms with E-state index in [4.69, 9.17) is 5.73 Å². The minimum atomic E-state index is 0. The Morgan fingerprint density at radius 1 is 1.33 bits per heavy atom. The first kappa shape index (κ1) is 16.4. The Kier molecular flexibility index (Phi) is 5.74. The third kappa shape index (κ3) is 4.03. The van der Waals surface area contributed by atoms with E-state index in [1.165, 1.54) is 5.56 Å². The van der Waals surface area contributed by atoms with Crippen molar-refractivity contribution in [2.75, 3.05) is 24.6 Å². The predicted octanol–water partition coefficient (Wildman–Crippen LogP) is 2.12. The minimum Gasteiger partial charge on any atom is -0.370 e. The summed E-state index contributed by atoms with van der Waals surface area (Å²) in [6.45, 7) is 4.59. The molecular weight excluding hydrogens is 397 g/mol. The number of imidazole rings is 1. The van der Waals surface area contributed by atoms with Crippen LogP contribution in [0, 0.1) is 6.92 Å². The molecule has 0 spiro atoms. The number of pyridine rings is 1. The highest BCUT2D eigenvalue weighted by Gasteiger charge is 2.12. The number of aromatic nitrogens is 2. The Balaban J connectivity index is 0.00000161. The lowest BCUT2D eigenvalue weighted by Gasteiger charge is -2.27. The monoisotopic (exact) mass is 417 g/mol. The maximum Gasteiger partial charge on any atom is 0.191 e. The Morgan fingerprint density at radius 2 is 2.10 bits per heavy atom. The molecule has 1 aliphatic heterocycles. The number of aryl methyl sites for hydroxylation is 1. The van der Waals surface area contributed by atoms with Gasteiger partial charge >= 0.3 is 0 Å². The van der Waals surface area contributed by atoms with E-state index in [1.54, 1.807) is 0 Å². The normalized spacial score (nSPS) is 16.0. The van der Waals surface area contributed by atoms with Crippen molar-refractivity contribution in [2.45, 2.75) is 13.5 Å². The highest BCUT2D eigenvalue weighted by molar-refractivity contribution is 14.0. The Morgan fingerprint density at radius 3 is 2.86 bits per heavy atom. The van der Waals surface area contributed by atoms with E-state index in [2.05, 4.69) is 34.1 Å². The van der Waals surface area contributed by atoms with Gasteiger partial charge in [-0.25, -0.2) is 9.98 Å². The maximum absolute atomic E-state index is 6.05. The van der Waals surface area contributed by atoms with Gasteiger partial charge in [-0.2, -0.15) is 11.8 Å². The molecule has 0 atom stereocenters. The molecule has 114 valence electrons. The van der Waals surface area contributed by atoms with E-state index in [-0.39, 0.29) is 24.0 Å². The topological polar surface area (TPSA) is 58.9 Å². The van der Waals surface area contributed by atoms with Gasteiger partial charge in [-0.3, -0.25) is 0 Å². The van der Waals surface area contributed by atoms with Gasteiger partial charge in [-0.1, -0.05) is 6.07 Å². The fourth-order valence-electron chi connectivity index (χ4n) is 2.29. The second-order valence-electron chi connectivity index (χ2n) is 4.98. The molecule has 1 saturated heterocycles. The summed E-state index contributed by atoms with van der Waals surface area (Å²) in [4.78, 5) is 11.2. The molecule has 0 aliphatic carbocycles. The van der Waals surface area contributed by atoms with Crippen molar-refractivity contribution in [3.63, 3.8) is 0 Å². The molecule has 0 aromatic carbocycles. The van der Waals surface area contributed by atoms with Gasteiger partial charge in [0.25, 0.3) is 0 Å².